The number of carbonyl (C=O) groups is 1. The van der Waals surface area contributed by atoms with E-state index in [1.807, 2.05) is 0 Å². The zero-order valence-electron chi connectivity index (χ0n) is 20.5. The van der Waals surface area contributed by atoms with Crippen molar-refractivity contribution in [2.75, 3.05) is 26.0 Å². The van der Waals surface area contributed by atoms with Gasteiger partial charge in [0, 0.05) is 19.2 Å². The summed E-state index contributed by atoms with van der Waals surface area (Å²) < 4.78 is 34.7. The lowest BCUT2D eigenvalue weighted by molar-refractivity contribution is -0.127. The van der Waals surface area contributed by atoms with Gasteiger partial charge in [0.05, 0.1) is 40.1 Å². The monoisotopic (exact) mass is 540 g/mol. The first kappa shape index (κ1) is 25.6. The molecular weight excluding hydrogens is 518 g/mol. The van der Waals surface area contributed by atoms with Crippen LogP contribution in [0.2, 0.25) is 5.02 Å². The maximum absolute atomic E-state index is 13.4. The minimum Gasteiger partial charge on any atom is -0.383 e. The molecule has 5 rings (SSSR count). The predicted octanol–water partition coefficient (Wildman–Crippen LogP) is 3.49. The number of benzene rings is 1. The fourth-order valence-corrected chi connectivity index (χ4v) is 5.05. The standard InChI is InChI=1S/C25H23ClF2N8O2/c1-4-21(37)34-10-15(8-16(34)11-38-3)36-24-22(23(29)30-12-31-24)18(33-36)6-5-14-7-19-20(9-17(14)26)35(25(27)28)13(2)32-19/h4,7,9,12,15-16,25H,1,8,10-11H2,2-3H3,(H2,29,30,31)/t15?,16-/m1/s1. The molecule has 4 aromatic rings. The number of halogens is 3. The SMILES string of the molecule is C=CC(=O)N1CC(n2nc(C#Cc3cc4nc(C)n(C(F)F)c4cc3Cl)c3c(N)ncnc32)C[C@@H]1COC. The lowest BCUT2D eigenvalue weighted by atomic mass is 10.2. The van der Waals surface area contributed by atoms with Crippen molar-refractivity contribution in [1.29, 1.82) is 0 Å². The molecule has 1 saturated heterocycles. The number of rotatable bonds is 5. The molecule has 2 atom stereocenters. The number of nitrogens with two attached hydrogens (primary N) is 1. The van der Waals surface area contributed by atoms with E-state index in [0.29, 0.717) is 47.4 Å². The molecule has 0 spiro atoms. The number of hydrogen-bond donors (Lipinski definition) is 1. The number of ether oxygens (including phenoxy) is 1. The van der Waals surface area contributed by atoms with Gasteiger partial charge in [0.2, 0.25) is 5.91 Å². The first-order valence-corrected chi connectivity index (χ1v) is 12.0. The van der Waals surface area contributed by atoms with Gasteiger partial charge in [0.25, 0.3) is 0 Å². The first-order chi connectivity index (χ1) is 18.2. The Morgan fingerprint density at radius 1 is 1.37 bits per heavy atom. The molecule has 1 amide bonds. The number of likely N-dealkylation sites (tertiary alicyclic amines) is 1. The van der Waals surface area contributed by atoms with Crippen LogP contribution in [0.5, 0.6) is 0 Å². The normalized spacial score (nSPS) is 17.4. The van der Waals surface area contributed by atoms with Crippen molar-refractivity contribution in [3.63, 3.8) is 0 Å². The highest BCUT2D eigenvalue weighted by Gasteiger charge is 2.37. The Morgan fingerprint density at radius 2 is 2.16 bits per heavy atom. The minimum atomic E-state index is -2.75. The molecule has 2 N–H and O–H groups in total. The van der Waals surface area contributed by atoms with E-state index in [-0.39, 0.29) is 40.2 Å². The molecule has 0 radical (unpaired) electrons. The summed E-state index contributed by atoms with van der Waals surface area (Å²) in [5, 5.41) is 5.34. The lowest BCUT2D eigenvalue weighted by Crippen LogP contribution is -2.37. The number of aryl methyl sites for hydroxylation is 1. The summed E-state index contributed by atoms with van der Waals surface area (Å²) in [6.45, 7) is 3.08. The van der Waals surface area contributed by atoms with Gasteiger partial charge in [-0.15, -0.1) is 0 Å². The number of carbonyl (C=O) groups excluding carboxylic acids is 1. The van der Waals surface area contributed by atoms with E-state index in [0.717, 1.165) is 4.57 Å². The molecule has 13 heteroatoms. The lowest BCUT2D eigenvalue weighted by Gasteiger charge is -2.22. The molecule has 1 unspecified atom stereocenters. The van der Waals surface area contributed by atoms with Crippen LogP contribution in [-0.2, 0) is 9.53 Å². The Labute approximate surface area is 221 Å². The zero-order valence-corrected chi connectivity index (χ0v) is 21.3. The molecule has 0 saturated carbocycles. The summed E-state index contributed by atoms with van der Waals surface area (Å²) >= 11 is 6.40. The van der Waals surface area contributed by atoms with Crippen LogP contribution in [0.25, 0.3) is 22.1 Å². The van der Waals surface area contributed by atoms with E-state index in [2.05, 4.69) is 38.5 Å². The van der Waals surface area contributed by atoms with E-state index in [1.165, 1.54) is 25.4 Å². The summed E-state index contributed by atoms with van der Waals surface area (Å²) in [6, 6.07) is 2.60. The highest BCUT2D eigenvalue weighted by molar-refractivity contribution is 6.32. The van der Waals surface area contributed by atoms with Gasteiger partial charge in [0.15, 0.2) is 5.65 Å². The second-order valence-corrected chi connectivity index (χ2v) is 9.23. The summed E-state index contributed by atoms with van der Waals surface area (Å²) in [4.78, 5) is 26.8. The molecule has 0 aliphatic carbocycles. The third-order valence-electron chi connectivity index (χ3n) is 6.54. The largest absolute Gasteiger partial charge is 0.383 e. The summed E-state index contributed by atoms with van der Waals surface area (Å²) in [6.07, 6.45) is 3.19. The number of aromatic nitrogens is 6. The molecule has 1 aliphatic rings. The number of imidazole rings is 1. The van der Waals surface area contributed by atoms with Crippen LogP contribution in [0.15, 0.2) is 31.1 Å². The van der Waals surface area contributed by atoms with Crippen molar-refractivity contribution in [3.05, 3.63) is 53.2 Å². The van der Waals surface area contributed by atoms with Gasteiger partial charge in [-0.2, -0.15) is 13.9 Å². The van der Waals surface area contributed by atoms with Gasteiger partial charge in [-0.05, 0) is 37.5 Å². The molecule has 3 aromatic heterocycles. The third kappa shape index (κ3) is 4.33. The Kier molecular flexibility index (Phi) is 6.73. The number of alkyl halides is 2. The first-order valence-electron chi connectivity index (χ1n) is 11.6. The van der Waals surface area contributed by atoms with E-state index in [4.69, 9.17) is 22.1 Å². The van der Waals surface area contributed by atoms with Gasteiger partial charge in [-0.3, -0.25) is 9.36 Å². The van der Waals surface area contributed by atoms with Crippen molar-refractivity contribution in [1.82, 2.24) is 34.2 Å². The second-order valence-electron chi connectivity index (χ2n) is 8.82. The Hall–Kier alpha value is -4.08. The van der Waals surface area contributed by atoms with E-state index in [1.54, 1.807) is 22.8 Å². The van der Waals surface area contributed by atoms with E-state index in [9.17, 15) is 13.6 Å². The summed E-state index contributed by atoms with van der Waals surface area (Å²) in [5.41, 5.74) is 7.92. The minimum absolute atomic E-state index is 0.162. The van der Waals surface area contributed by atoms with Gasteiger partial charge in [-0.25, -0.2) is 19.6 Å². The van der Waals surface area contributed by atoms with Gasteiger partial charge >= 0.3 is 6.55 Å². The van der Waals surface area contributed by atoms with Crippen molar-refractivity contribution < 1.29 is 18.3 Å². The summed E-state index contributed by atoms with van der Waals surface area (Å²) in [7, 11) is 1.58. The van der Waals surface area contributed by atoms with Crippen molar-refractivity contribution in [2.24, 2.45) is 0 Å². The predicted molar refractivity (Wildman–Crippen MR) is 138 cm³/mol. The molecule has 1 aromatic carbocycles. The molecule has 4 heterocycles. The Bertz CT molecular complexity index is 1640. The van der Waals surface area contributed by atoms with Crippen LogP contribution >= 0.6 is 11.6 Å². The molecule has 196 valence electrons. The average Bonchev–Trinajstić information content (AvgIpc) is 3.55. The van der Waals surface area contributed by atoms with Crippen LogP contribution in [0, 0.1) is 18.8 Å². The van der Waals surface area contributed by atoms with Crippen molar-refractivity contribution in [3.8, 4) is 11.8 Å². The molecular formula is C25H23ClF2N8O2. The second kappa shape index (κ2) is 10.00. The fraction of sp³-hybridized carbons (Fsp3) is 0.320. The van der Waals surface area contributed by atoms with Gasteiger partial charge in [0.1, 0.15) is 23.7 Å². The van der Waals surface area contributed by atoms with Gasteiger partial charge in [-0.1, -0.05) is 24.1 Å². The van der Waals surface area contributed by atoms with Crippen LogP contribution in [0.3, 0.4) is 0 Å². The van der Waals surface area contributed by atoms with E-state index < -0.39 is 6.55 Å². The Morgan fingerprint density at radius 3 is 2.87 bits per heavy atom. The Balaban J connectivity index is 1.57. The van der Waals surface area contributed by atoms with E-state index >= 15 is 0 Å². The van der Waals surface area contributed by atoms with Crippen LogP contribution in [-0.4, -0.2) is 66.4 Å². The maximum Gasteiger partial charge on any atom is 0.320 e. The molecule has 0 bridgehead atoms. The number of nitrogen functional groups attached to an aromatic ring is 1. The quantitative estimate of drug-likeness (QED) is 0.304. The van der Waals surface area contributed by atoms with Crippen molar-refractivity contribution in [2.45, 2.75) is 32.0 Å². The molecule has 1 aliphatic heterocycles. The molecule has 10 nitrogen and oxygen atoms in total. The van der Waals surface area contributed by atoms with Crippen LogP contribution < -0.4 is 5.73 Å². The summed E-state index contributed by atoms with van der Waals surface area (Å²) in [5.74, 6) is 6.12. The number of hydrogen-bond acceptors (Lipinski definition) is 7. The average molecular weight is 541 g/mol. The number of anilines is 1. The number of nitrogens with zero attached hydrogens (tertiary/aromatic N) is 7. The molecule has 38 heavy (non-hydrogen) atoms. The number of fused-ring (bicyclic) bond motifs is 2. The topological polar surface area (TPSA) is 117 Å². The maximum atomic E-state index is 13.4. The van der Waals surface area contributed by atoms with Crippen molar-refractivity contribution >= 4 is 45.4 Å². The smallest absolute Gasteiger partial charge is 0.320 e. The number of amides is 1. The zero-order chi connectivity index (χ0) is 27.1. The van der Waals surface area contributed by atoms with Crippen LogP contribution in [0.4, 0.5) is 14.6 Å². The van der Waals surface area contributed by atoms with Crippen LogP contribution in [0.1, 0.15) is 36.1 Å². The highest BCUT2D eigenvalue weighted by Crippen LogP contribution is 2.32. The third-order valence-corrected chi connectivity index (χ3v) is 6.85. The van der Waals surface area contributed by atoms with Gasteiger partial charge < -0.3 is 15.4 Å². The molecule has 1 fully saturated rings. The fourth-order valence-electron chi connectivity index (χ4n) is 4.85. The highest BCUT2D eigenvalue weighted by atomic mass is 35.5. The number of methoxy groups -OCH3 is 1.